The fraction of sp³-hybridized carbons (Fsp3) is 0.667. The lowest BCUT2D eigenvalue weighted by Crippen LogP contribution is -2.13. The van der Waals surface area contributed by atoms with Crippen LogP contribution in [0.4, 0.5) is 0 Å². The largest absolute Gasteiger partial charge is 0.393 e. The third kappa shape index (κ3) is 2.18. The molecule has 0 spiro atoms. The van der Waals surface area contributed by atoms with E-state index in [1.54, 1.807) is 11.3 Å². The van der Waals surface area contributed by atoms with Gasteiger partial charge in [0.1, 0.15) is 0 Å². The molecule has 1 heterocycles. The molecule has 0 saturated heterocycles. The zero-order valence-electron chi connectivity index (χ0n) is 8.86. The summed E-state index contributed by atoms with van der Waals surface area (Å²) in [5.41, 5.74) is 1.76. The topological polar surface area (TPSA) is 20.2 Å². The van der Waals surface area contributed by atoms with Gasteiger partial charge >= 0.3 is 0 Å². The van der Waals surface area contributed by atoms with E-state index in [1.165, 1.54) is 12.0 Å². The second kappa shape index (κ2) is 3.67. The minimum atomic E-state index is -0.0927. The number of thiophene rings is 1. The monoisotopic (exact) mass is 210 g/mol. The van der Waals surface area contributed by atoms with Crippen molar-refractivity contribution in [3.63, 3.8) is 0 Å². The minimum Gasteiger partial charge on any atom is -0.393 e. The Bertz CT molecular complexity index is 289. The van der Waals surface area contributed by atoms with Crippen LogP contribution in [-0.2, 0) is 6.42 Å². The van der Waals surface area contributed by atoms with Crippen LogP contribution in [0, 0.1) is 11.3 Å². The summed E-state index contributed by atoms with van der Waals surface area (Å²) in [6.07, 6.45) is 3.05. The van der Waals surface area contributed by atoms with Crippen LogP contribution in [0.25, 0.3) is 0 Å². The quantitative estimate of drug-likeness (QED) is 0.809. The number of aliphatic hydroxyl groups is 1. The van der Waals surface area contributed by atoms with Crippen LogP contribution in [-0.4, -0.2) is 11.2 Å². The van der Waals surface area contributed by atoms with Crippen LogP contribution >= 0.6 is 11.3 Å². The number of rotatable bonds is 4. The lowest BCUT2D eigenvalue weighted by Gasteiger charge is -2.11. The first kappa shape index (κ1) is 10.2. The Morgan fingerprint density at radius 1 is 1.64 bits per heavy atom. The third-order valence-corrected chi connectivity index (χ3v) is 4.10. The summed E-state index contributed by atoms with van der Waals surface area (Å²) in [7, 11) is 0. The van der Waals surface area contributed by atoms with Crippen molar-refractivity contribution in [1.29, 1.82) is 0 Å². The maximum absolute atomic E-state index is 9.93. The van der Waals surface area contributed by atoms with Gasteiger partial charge in [-0.05, 0) is 53.0 Å². The van der Waals surface area contributed by atoms with Gasteiger partial charge in [-0.15, -0.1) is 0 Å². The molecule has 1 N–H and O–H groups in total. The number of aliphatic hydroxyl groups excluding tert-OH is 1. The van der Waals surface area contributed by atoms with E-state index in [1.807, 2.05) is 0 Å². The zero-order chi connectivity index (χ0) is 10.2. The Hall–Kier alpha value is -0.340. The van der Waals surface area contributed by atoms with Crippen molar-refractivity contribution in [1.82, 2.24) is 0 Å². The van der Waals surface area contributed by atoms with Crippen LogP contribution in [0.2, 0.25) is 0 Å². The van der Waals surface area contributed by atoms with E-state index in [9.17, 15) is 5.11 Å². The molecule has 0 amide bonds. The first-order valence-electron chi connectivity index (χ1n) is 5.29. The summed E-state index contributed by atoms with van der Waals surface area (Å²) in [6, 6.07) is 2.15. The van der Waals surface area contributed by atoms with Crippen molar-refractivity contribution >= 4 is 11.3 Å². The highest BCUT2D eigenvalue weighted by atomic mass is 32.1. The molecule has 1 aromatic rings. The van der Waals surface area contributed by atoms with Crippen molar-refractivity contribution in [2.24, 2.45) is 11.3 Å². The van der Waals surface area contributed by atoms with Crippen LogP contribution < -0.4 is 0 Å². The summed E-state index contributed by atoms with van der Waals surface area (Å²) in [6.45, 7) is 4.48. The van der Waals surface area contributed by atoms with Gasteiger partial charge in [-0.25, -0.2) is 0 Å². The van der Waals surface area contributed by atoms with Crippen LogP contribution in [0.1, 0.15) is 32.3 Å². The van der Waals surface area contributed by atoms with E-state index in [0.717, 1.165) is 12.8 Å². The molecule has 1 nitrogen and oxygen atoms in total. The van der Waals surface area contributed by atoms with Gasteiger partial charge in [0.05, 0.1) is 6.10 Å². The molecule has 78 valence electrons. The van der Waals surface area contributed by atoms with Crippen molar-refractivity contribution < 1.29 is 5.11 Å². The Morgan fingerprint density at radius 2 is 2.36 bits per heavy atom. The maximum Gasteiger partial charge on any atom is 0.0576 e. The van der Waals surface area contributed by atoms with Crippen LogP contribution in [0.15, 0.2) is 16.8 Å². The molecule has 0 aromatic carbocycles. The van der Waals surface area contributed by atoms with E-state index in [4.69, 9.17) is 0 Å². The predicted octanol–water partition coefficient (Wildman–Crippen LogP) is 3.09. The molecule has 0 radical (unpaired) electrons. The third-order valence-electron chi connectivity index (χ3n) is 3.36. The maximum atomic E-state index is 9.93. The van der Waals surface area contributed by atoms with Crippen molar-refractivity contribution in [3.05, 3.63) is 22.4 Å². The smallest absolute Gasteiger partial charge is 0.0576 e. The van der Waals surface area contributed by atoms with Gasteiger partial charge in [0.2, 0.25) is 0 Å². The summed E-state index contributed by atoms with van der Waals surface area (Å²) in [5, 5.41) is 14.2. The summed E-state index contributed by atoms with van der Waals surface area (Å²) < 4.78 is 0. The lowest BCUT2D eigenvalue weighted by molar-refractivity contribution is 0.127. The summed E-state index contributed by atoms with van der Waals surface area (Å²) in [4.78, 5) is 0. The van der Waals surface area contributed by atoms with E-state index >= 15 is 0 Å². The second-order valence-corrected chi connectivity index (χ2v) is 5.82. The molecule has 1 fully saturated rings. The molecule has 2 atom stereocenters. The predicted molar refractivity (Wildman–Crippen MR) is 60.5 cm³/mol. The fourth-order valence-corrected chi connectivity index (χ4v) is 2.82. The number of hydrogen-bond donors (Lipinski definition) is 1. The highest BCUT2D eigenvalue weighted by molar-refractivity contribution is 7.07. The molecule has 2 rings (SSSR count). The normalized spacial score (nSPS) is 26.1. The van der Waals surface area contributed by atoms with Crippen molar-refractivity contribution in [2.75, 3.05) is 0 Å². The Kier molecular flexibility index (Phi) is 2.67. The van der Waals surface area contributed by atoms with Gasteiger partial charge in [-0.2, -0.15) is 11.3 Å². The first-order valence-corrected chi connectivity index (χ1v) is 6.23. The fourth-order valence-electron chi connectivity index (χ4n) is 2.12. The van der Waals surface area contributed by atoms with Gasteiger partial charge < -0.3 is 5.11 Å². The van der Waals surface area contributed by atoms with E-state index in [0.29, 0.717) is 11.3 Å². The van der Waals surface area contributed by atoms with Crippen LogP contribution in [0.3, 0.4) is 0 Å². The van der Waals surface area contributed by atoms with Crippen molar-refractivity contribution in [2.45, 2.75) is 39.2 Å². The molecule has 1 saturated carbocycles. The molecule has 14 heavy (non-hydrogen) atoms. The standard InChI is InChI=1S/C12H18OS/c1-12(2)7-10(12)11(13)4-3-9-5-6-14-8-9/h5-6,8,10-11,13H,3-4,7H2,1-2H3. The number of hydrogen-bond acceptors (Lipinski definition) is 2. The van der Waals surface area contributed by atoms with E-state index < -0.39 is 0 Å². The minimum absolute atomic E-state index is 0.0927. The summed E-state index contributed by atoms with van der Waals surface area (Å²) >= 11 is 1.73. The van der Waals surface area contributed by atoms with Gasteiger partial charge in [-0.3, -0.25) is 0 Å². The molecular weight excluding hydrogens is 192 g/mol. The Balaban J connectivity index is 1.77. The van der Waals surface area contributed by atoms with E-state index in [2.05, 4.69) is 30.7 Å². The number of aryl methyl sites for hydroxylation is 1. The molecule has 0 bridgehead atoms. The molecule has 1 aromatic heterocycles. The van der Waals surface area contributed by atoms with Gasteiger partial charge in [0, 0.05) is 0 Å². The highest BCUT2D eigenvalue weighted by Crippen LogP contribution is 2.54. The molecule has 2 heteroatoms. The SMILES string of the molecule is CC1(C)CC1C(O)CCc1ccsc1. The zero-order valence-corrected chi connectivity index (χ0v) is 9.68. The van der Waals surface area contributed by atoms with Crippen molar-refractivity contribution in [3.8, 4) is 0 Å². The lowest BCUT2D eigenvalue weighted by atomic mass is 10.0. The van der Waals surface area contributed by atoms with Gasteiger partial charge in [0.15, 0.2) is 0 Å². The average molecular weight is 210 g/mol. The van der Waals surface area contributed by atoms with Crippen LogP contribution in [0.5, 0.6) is 0 Å². The Morgan fingerprint density at radius 3 is 2.86 bits per heavy atom. The van der Waals surface area contributed by atoms with Gasteiger partial charge in [-0.1, -0.05) is 13.8 Å². The summed E-state index contributed by atoms with van der Waals surface area (Å²) in [5.74, 6) is 0.543. The molecule has 1 aliphatic carbocycles. The molecule has 1 aliphatic rings. The molecule has 2 unspecified atom stereocenters. The highest BCUT2D eigenvalue weighted by Gasteiger charge is 2.49. The first-order chi connectivity index (χ1) is 6.59. The van der Waals surface area contributed by atoms with E-state index in [-0.39, 0.29) is 6.10 Å². The van der Waals surface area contributed by atoms with Gasteiger partial charge in [0.25, 0.3) is 0 Å². The Labute approximate surface area is 89.8 Å². The second-order valence-electron chi connectivity index (χ2n) is 5.04. The molecular formula is C12H18OS. The molecule has 0 aliphatic heterocycles. The average Bonchev–Trinajstić information content (AvgIpc) is 2.61.